The Hall–Kier alpha value is -0.770. The molecule has 1 N–H and O–H groups in total. The van der Waals surface area contributed by atoms with Crippen molar-refractivity contribution in [1.29, 1.82) is 0 Å². The molecule has 5 nitrogen and oxygen atoms in total. The monoisotopic (exact) mass is 434 g/mol. The van der Waals surface area contributed by atoms with Gasteiger partial charge in [-0.1, -0.05) is 0 Å². The second kappa shape index (κ2) is 6.27. The van der Waals surface area contributed by atoms with Gasteiger partial charge < -0.3 is 5.32 Å². The lowest BCUT2D eigenvalue weighted by molar-refractivity contribution is -0.121. The fourth-order valence-corrected chi connectivity index (χ4v) is 7.00. The zero-order valence-electron chi connectivity index (χ0n) is 12.3. The molecule has 9 heteroatoms. The highest BCUT2D eigenvalue weighted by Gasteiger charge is 2.39. The molecular weight excluding hydrogens is 420 g/mol. The summed E-state index contributed by atoms with van der Waals surface area (Å²) in [5.41, 5.74) is 0.0457. The maximum Gasteiger partial charge on any atom is 0.226 e. The van der Waals surface area contributed by atoms with Gasteiger partial charge in [-0.2, -0.15) is 0 Å². The number of nitrogens with zero attached hydrogens (tertiary/aromatic N) is 1. The van der Waals surface area contributed by atoms with Crippen LogP contribution < -0.4 is 5.32 Å². The van der Waals surface area contributed by atoms with Crippen LogP contribution in [0.15, 0.2) is 21.3 Å². The summed E-state index contributed by atoms with van der Waals surface area (Å²) in [6.45, 7) is 1.78. The first-order valence-electron chi connectivity index (χ1n) is 6.95. The van der Waals surface area contributed by atoms with Gasteiger partial charge in [0.25, 0.3) is 0 Å². The summed E-state index contributed by atoms with van der Waals surface area (Å²) in [4.78, 5) is 17.7. The fourth-order valence-electron chi connectivity index (χ4n) is 2.58. The molecule has 23 heavy (non-hydrogen) atoms. The molecule has 0 unspecified atom stereocenters. The lowest BCUT2D eigenvalue weighted by atomic mass is 10.0. The molecule has 1 aliphatic heterocycles. The molecule has 0 bridgehead atoms. The Kier molecular flexibility index (Phi) is 4.65. The molecule has 2 aromatic rings. The minimum absolute atomic E-state index is 0.0112. The first-order chi connectivity index (χ1) is 10.7. The predicted molar refractivity (Wildman–Crippen MR) is 96.6 cm³/mol. The van der Waals surface area contributed by atoms with Gasteiger partial charge in [-0.25, -0.2) is 13.4 Å². The van der Waals surface area contributed by atoms with E-state index in [2.05, 4.69) is 26.2 Å². The van der Waals surface area contributed by atoms with Crippen LogP contribution in [0.25, 0.3) is 9.88 Å². The lowest BCUT2D eigenvalue weighted by Crippen LogP contribution is -2.47. The number of thiophene rings is 1. The minimum atomic E-state index is -3.03. The molecule has 124 valence electrons. The second-order valence-electron chi connectivity index (χ2n) is 5.90. The van der Waals surface area contributed by atoms with Gasteiger partial charge in [0.2, 0.25) is 5.91 Å². The predicted octanol–water partition coefficient (Wildman–Crippen LogP) is 2.87. The molecular formula is C14H15BrN2O3S3. The van der Waals surface area contributed by atoms with Crippen molar-refractivity contribution >= 4 is 54.3 Å². The first-order valence-corrected chi connectivity index (χ1v) is 11.3. The largest absolute Gasteiger partial charge is 0.350 e. The minimum Gasteiger partial charge on any atom is -0.350 e. The maximum atomic E-state index is 12.2. The number of hydrogen-bond donors (Lipinski definition) is 1. The summed E-state index contributed by atoms with van der Waals surface area (Å²) in [5.74, 6) is -0.0383. The molecule has 1 amide bonds. The van der Waals surface area contributed by atoms with Gasteiger partial charge in [0, 0.05) is 15.2 Å². The van der Waals surface area contributed by atoms with E-state index in [1.165, 1.54) is 11.3 Å². The van der Waals surface area contributed by atoms with Gasteiger partial charge in [-0.05, 0) is 35.3 Å². The summed E-state index contributed by atoms with van der Waals surface area (Å²) in [6.07, 6.45) is 0.630. The van der Waals surface area contributed by atoms with Crippen LogP contribution >= 0.6 is 38.6 Å². The van der Waals surface area contributed by atoms with E-state index in [9.17, 15) is 13.2 Å². The highest BCUT2D eigenvalue weighted by atomic mass is 79.9. The number of hydrogen-bond acceptors (Lipinski definition) is 6. The number of amides is 1. The van der Waals surface area contributed by atoms with E-state index >= 15 is 0 Å². The summed E-state index contributed by atoms with van der Waals surface area (Å²) in [6, 6.07) is 2.00. The number of rotatable bonds is 4. The van der Waals surface area contributed by atoms with Gasteiger partial charge in [0.15, 0.2) is 9.84 Å². The standard InChI is InChI=1S/C14H15BrN2O3S3/c1-14(2-3-23(19,20)8-14)17-12(18)5-10-7-22-13(16-10)11-4-9(15)6-21-11/h4,6-7H,2-3,5,8H2,1H3,(H,17,18)/t14-/m0/s1. The Balaban J connectivity index is 1.64. The maximum absolute atomic E-state index is 12.2. The van der Waals surface area contributed by atoms with E-state index in [0.29, 0.717) is 12.1 Å². The lowest BCUT2D eigenvalue weighted by Gasteiger charge is -2.23. The van der Waals surface area contributed by atoms with Crippen LogP contribution in [0.5, 0.6) is 0 Å². The highest BCUT2D eigenvalue weighted by Crippen LogP contribution is 2.32. The molecule has 0 aromatic carbocycles. The number of sulfone groups is 1. The Labute approximate surface area is 151 Å². The molecule has 1 aliphatic rings. The Morgan fingerprint density at radius 2 is 2.22 bits per heavy atom. The average molecular weight is 435 g/mol. The molecule has 1 fully saturated rings. The summed E-state index contributed by atoms with van der Waals surface area (Å²) in [5, 5.41) is 7.60. The number of nitrogens with one attached hydrogen (secondary N) is 1. The number of carbonyl (C=O) groups is 1. The summed E-state index contributed by atoms with van der Waals surface area (Å²) in [7, 11) is -3.03. The molecule has 0 aliphatic carbocycles. The van der Waals surface area contributed by atoms with Crippen molar-refractivity contribution in [3.05, 3.63) is 27.0 Å². The molecule has 2 aromatic heterocycles. The van der Waals surface area contributed by atoms with Gasteiger partial charge >= 0.3 is 0 Å². The first kappa shape index (κ1) is 17.1. The van der Waals surface area contributed by atoms with Crippen molar-refractivity contribution in [1.82, 2.24) is 10.3 Å². The number of thiazole rings is 1. The van der Waals surface area contributed by atoms with Gasteiger partial charge in [0.1, 0.15) is 5.01 Å². The number of carbonyl (C=O) groups excluding carboxylic acids is 1. The third-order valence-corrected chi connectivity index (χ3v) is 8.27. The van der Waals surface area contributed by atoms with E-state index in [1.807, 2.05) is 16.8 Å². The molecule has 0 saturated carbocycles. The summed E-state index contributed by atoms with van der Waals surface area (Å²) >= 11 is 6.51. The molecule has 1 atom stereocenters. The third kappa shape index (κ3) is 4.20. The molecule has 0 radical (unpaired) electrons. The average Bonchev–Trinajstić information content (AvgIpc) is 3.10. The molecule has 3 rings (SSSR count). The highest BCUT2D eigenvalue weighted by molar-refractivity contribution is 9.10. The fraction of sp³-hybridized carbons (Fsp3) is 0.429. The van der Waals surface area contributed by atoms with Crippen molar-refractivity contribution in [2.75, 3.05) is 11.5 Å². The van der Waals surface area contributed by atoms with Gasteiger partial charge in [-0.3, -0.25) is 4.79 Å². The van der Waals surface area contributed by atoms with Crippen LogP contribution in [0.4, 0.5) is 0 Å². The van der Waals surface area contributed by atoms with Crippen molar-refractivity contribution in [2.45, 2.75) is 25.3 Å². The number of halogens is 1. The second-order valence-corrected chi connectivity index (χ2v) is 10.8. The Morgan fingerprint density at radius 1 is 1.43 bits per heavy atom. The van der Waals surface area contributed by atoms with Crippen LogP contribution in [0.3, 0.4) is 0 Å². The van der Waals surface area contributed by atoms with Gasteiger partial charge in [-0.15, -0.1) is 22.7 Å². The molecule has 0 spiro atoms. The van der Waals surface area contributed by atoms with Gasteiger partial charge in [0.05, 0.1) is 34.0 Å². The van der Waals surface area contributed by atoms with Crippen molar-refractivity contribution in [2.24, 2.45) is 0 Å². The van der Waals surface area contributed by atoms with Crippen LogP contribution in [-0.4, -0.2) is 36.4 Å². The van der Waals surface area contributed by atoms with Crippen molar-refractivity contribution in [3.63, 3.8) is 0 Å². The Morgan fingerprint density at radius 3 is 2.83 bits per heavy atom. The van der Waals surface area contributed by atoms with Crippen molar-refractivity contribution < 1.29 is 13.2 Å². The summed E-state index contributed by atoms with van der Waals surface area (Å²) < 4.78 is 24.2. The van der Waals surface area contributed by atoms with E-state index in [1.54, 1.807) is 18.3 Å². The van der Waals surface area contributed by atoms with E-state index in [0.717, 1.165) is 14.4 Å². The zero-order valence-corrected chi connectivity index (χ0v) is 16.4. The zero-order chi connectivity index (χ0) is 16.7. The molecule has 3 heterocycles. The number of aromatic nitrogens is 1. The SMILES string of the molecule is C[C@]1(NC(=O)Cc2csc(-c3cc(Br)cs3)n2)CCS(=O)(=O)C1. The van der Waals surface area contributed by atoms with Crippen LogP contribution in [0.1, 0.15) is 19.0 Å². The molecule has 1 saturated heterocycles. The van der Waals surface area contributed by atoms with Crippen molar-refractivity contribution in [3.8, 4) is 9.88 Å². The quantitative estimate of drug-likeness (QED) is 0.802. The van der Waals surface area contributed by atoms with E-state index in [4.69, 9.17) is 0 Å². The van der Waals surface area contributed by atoms with Crippen LogP contribution in [0.2, 0.25) is 0 Å². The normalized spacial score (nSPS) is 23.0. The van der Waals surface area contributed by atoms with Crippen LogP contribution in [-0.2, 0) is 21.1 Å². The van der Waals surface area contributed by atoms with E-state index < -0.39 is 15.4 Å². The third-order valence-electron chi connectivity index (χ3n) is 3.62. The smallest absolute Gasteiger partial charge is 0.226 e. The Bertz CT molecular complexity index is 843. The topological polar surface area (TPSA) is 76.1 Å². The van der Waals surface area contributed by atoms with Crippen LogP contribution in [0, 0.1) is 0 Å². The van der Waals surface area contributed by atoms with E-state index in [-0.39, 0.29) is 23.8 Å².